The lowest BCUT2D eigenvalue weighted by molar-refractivity contribution is 0.284. The smallest absolute Gasteiger partial charge is 0.176 e. The maximum absolute atomic E-state index is 11.5. The molecule has 0 unspecified atom stereocenters. The summed E-state index contributed by atoms with van der Waals surface area (Å²) in [7, 11) is -3.14. The third-order valence-electron chi connectivity index (χ3n) is 2.31. The lowest BCUT2D eigenvalue weighted by Crippen LogP contribution is -1.99. The number of aliphatic hydroxyl groups excluding tert-OH is 1. The normalized spacial score (nSPS) is 11.6. The summed E-state index contributed by atoms with van der Waals surface area (Å²) in [5.74, 6) is 0.881. The van der Waals surface area contributed by atoms with E-state index in [4.69, 9.17) is 5.11 Å². The number of unbranched alkanes of at least 4 members (excludes halogenated alkanes) is 2. The van der Waals surface area contributed by atoms with Gasteiger partial charge < -0.3 is 5.11 Å². The average Bonchev–Trinajstić information content (AvgIpc) is 2.28. The van der Waals surface area contributed by atoms with Crippen molar-refractivity contribution in [3.05, 3.63) is 24.3 Å². The van der Waals surface area contributed by atoms with Crippen molar-refractivity contribution >= 4 is 21.6 Å². The van der Waals surface area contributed by atoms with E-state index >= 15 is 0 Å². The van der Waals surface area contributed by atoms with Crippen LogP contribution in [0.5, 0.6) is 0 Å². The molecule has 0 amide bonds. The summed E-state index contributed by atoms with van der Waals surface area (Å²) in [4.78, 5) is 1.23. The highest BCUT2D eigenvalue weighted by molar-refractivity contribution is 8.00. The van der Waals surface area contributed by atoms with Crippen molar-refractivity contribution in [1.82, 2.24) is 0 Å². The van der Waals surface area contributed by atoms with Gasteiger partial charge in [-0.05, 0) is 30.7 Å². The van der Waals surface area contributed by atoms with Crippen molar-refractivity contribution < 1.29 is 13.5 Å². The van der Waals surface area contributed by atoms with Gasteiger partial charge in [0.2, 0.25) is 0 Å². The molecule has 0 aliphatic rings. The summed E-state index contributed by atoms with van der Waals surface area (Å²) in [5, 5.41) is 8.65. The number of hydrogen-bond donors (Lipinski definition) is 1. The minimum absolute atomic E-state index is 0.227. The van der Waals surface area contributed by atoms with Crippen LogP contribution in [-0.4, -0.2) is 32.1 Å². The molecule has 0 aliphatic heterocycles. The van der Waals surface area contributed by atoms with Crippen LogP contribution in [0, 0.1) is 0 Å². The molecule has 0 radical (unpaired) electrons. The molecule has 1 aromatic carbocycles. The monoisotopic (exact) mass is 274 g/mol. The fourth-order valence-corrected chi connectivity index (χ4v) is 3.79. The van der Waals surface area contributed by atoms with Crippen molar-refractivity contribution in [2.75, 3.05) is 18.6 Å². The minimum Gasteiger partial charge on any atom is -0.396 e. The molecule has 1 aromatic rings. The molecular formula is C12H18O3S2. The van der Waals surface area contributed by atoms with E-state index in [0.717, 1.165) is 29.9 Å². The number of hydrogen-bond acceptors (Lipinski definition) is 4. The van der Waals surface area contributed by atoms with Crippen molar-refractivity contribution in [1.29, 1.82) is 0 Å². The van der Waals surface area contributed by atoms with Gasteiger partial charge in [-0.1, -0.05) is 18.6 Å². The van der Waals surface area contributed by atoms with Gasteiger partial charge in [0.15, 0.2) is 9.84 Å². The zero-order valence-corrected chi connectivity index (χ0v) is 11.6. The van der Waals surface area contributed by atoms with Crippen molar-refractivity contribution in [2.24, 2.45) is 0 Å². The molecule has 3 nitrogen and oxygen atoms in total. The van der Waals surface area contributed by atoms with E-state index < -0.39 is 9.84 Å². The molecule has 96 valence electrons. The standard InChI is InChI=1S/C12H18O3S2/c1-17(14,15)12-8-4-3-7-11(12)16-10-6-2-5-9-13/h3-4,7-8,13H,2,5-6,9-10H2,1H3. The molecule has 0 atom stereocenters. The van der Waals surface area contributed by atoms with Crippen LogP contribution in [-0.2, 0) is 9.84 Å². The number of sulfone groups is 1. The fraction of sp³-hybridized carbons (Fsp3) is 0.500. The SMILES string of the molecule is CS(=O)(=O)c1ccccc1SCCCCCO. The van der Waals surface area contributed by atoms with Crippen LogP contribution in [0.4, 0.5) is 0 Å². The maximum Gasteiger partial charge on any atom is 0.176 e. The van der Waals surface area contributed by atoms with Crippen LogP contribution in [0.3, 0.4) is 0 Å². The van der Waals surface area contributed by atoms with Crippen LogP contribution in [0.25, 0.3) is 0 Å². The lowest BCUT2D eigenvalue weighted by Gasteiger charge is -2.06. The highest BCUT2D eigenvalue weighted by Gasteiger charge is 2.12. The molecule has 0 heterocycles. The maximum atomic E-state index is 11.5. The van der Waals surface area contributed by atoms with Crippen LogP contribution in [0.2, 0.25) is 0 Å². The van der Waals surface area contributed by atoms with E-state index in [1.54, 1.807) is 23.9 Å². The Morgan fingerprint density at radius 3 is 2.53 bits per heavy atom. The Kier molecular flexibility index (Phi) is 6.02. The zero-order valence-electron chi connectivity index (χ0n) is 9.93. The molecule has 0 bridgehead atoms. The van der Waals surface area contributed by atoms with Crippen LogP contribution in [0.1, 0.15) is 19.3 Å². The van der Waals surface area contributed by atoms with Crippen LogP contribution in [0.15, 0.2) is 34.1 Å². The molecule has 0 spiro atoms. The Balaban J connectivity index is 2.59. The lowest BCUT2D eigenvalue weighted by atomic mass is 10.3. The van der Waals surface area contributed by atoms with E-state index in [-0.39, 0.29) is 6.61 Å². The first-order valence-corrected chi connectivity index (χ1v) is 8.46. The summed E-state index contributed by atoms with van der Waals surface area (Å²) in [6.45, 7) is 0.227. The highest BCUT2D eigenvalue weighted by atomic mass is 32.2. The van der Waals surface area contributed by atoms with Gasteiger partial charge in [-0.15, -0.1) is 11.8 Å². The van der Waals surface area contributed by atoms with Gasteiger partial charge in [0.1, 0.15) is 0 Å². The Morgan fingerprint density at radius 1 is 1.18 bits per heavy atom. The topological polar surface area (TPSA) is 54.4 Å². The van der Waals surface area contributed by atoms with E-state index in [9.17, 15) is 8.42 Å². The molecule has 17 heavy (non-hydrogen) atoms. The summed E-state index contributed by atoms with van der Waals surface area (Å²) in [5.41, 5.74) is 0. The number of aliphatic hydroxyl groups is 1. The van der Waals surface area contributed by atoms with Crippen molar-refractivity contribution in [3.63, 3.8) is 0 Å². The summed E-state index contributed by atoms with van der Waals surface area (Å²) < 4.78 is 23.1. The Morgan fingerprint density at radius 2 is 1.88 bits per heavy atom. The van der Waals surface area contributed by atoms with E-state index in [1.165, 1.54) is 6.26 Å². The zero-order chi connectivity index (χ0) is 12.7. The molecule has 0 saturated heterocycles. The van der Waals surface area contributed by atoms with Gasteiger partial charge in [0.25, 0.3) is 0 Å². The molecule has 0 aromatic heterocycles. The average molecular weight is 274 g/mol. The van der Waals surface area contributed by atoms with E-state index in [2.05, 4.69) is 0 Å². The second kappa shape index (κ2) is 7.03. The second-order valence-electron chi connectivity index (χ2n) is 3.85. The quantitative estimate of drug-likeness (QED) is 0.612. The fourth-order valence-electron chi connectivity index (χ4n) is 1.45. The van der Waals surface area contributed by atoms with Crippen molar-refractivity contribution in [2.45, 2.75) is 29.1 Å². The molecular weight excluding hydrogens is 256 g/mol. The molecule has 5 heteroatoms. The number of benzene rings is 1. The Hall–Kier alpha value is -0.520. The van der Waals surface area contributed by atoms with E-state index in [1.807, 2.05) is 12.1 Å². The van der Waals surface area contributed by atoms with Gasteiger partial charge in [-0.25, -0.2) is 8.42 Å². The van der Waals surface area contributed by atoms with Gasteiger partial charge in [-0.2, -0.15) is 0 Å². The molecule has 0 aliphatic carbocycles. The largest absolute Gasteiger partial charge is 0.396 e. The van der Waals surface area contributed by atoms with Gasteiger partial charge >= 0.3 is 0 Å². The van der Waals surface area contributed by atoms with Crippen LogP contribution < -0.4 is 0 Å². The summed E-state index contributed by atoms with van der Waals surface area (Å²) >= 11 is 1.56. The predicted octanol–water partition coefficient (Wildman–Crippen LogP) is 2.34. The van der Waals surface area contributed by atoms with Crippen LogP contribution >= 0.6 is 11.8 Å². The Bertz CT molecular complexity index is 441. The first-order valence-electron chi connectivity index (χ1n) is 5.58. The molecule has 0 fully saturated rings. The van der Waals surface area contributed by atoms with Gasteiger partial charge in [0, 0.05) is 17.8 Å². The highest BCUT2D eigenvalue weighted by Crippen LogP contribution is 2.27. The number of thioether (sulfide) groups is 1. The molecule has 1 rings (SSSR count). The second-order valence-corrected chi connectivity index (χ2v) is 6.97. The third-order valence-corrected chi connectivity index (χ3v) is 4.75. The Labute approximate surface area is 107 Å². The first-order chi connectivity index (χ1) is 8.05. The molecule has 0 saturated carbocycles. The third kappa shape index (κ3) is 5.10. The van der Waals surface area contributed by atoms with Crippen molar-refractivity contribution in [3.8, 4) is 0 Å². The summed E-state index contributed by atoms with van der Waals surface area (Å²) in [6, 6.07) is 7.08. The molecule has 1 N–H and O–H groups in total. The van der Waals surface area contributed by atoms with E-state index in [0.29, 0.717) is 4.90 Å². The number of rotatable bonds is 7. The predicted molar refractivity (Wildman–Crippen MR) is 71.2 cm³/mol. The first kappa shape index (κ1) is 14.5. The summed E-state index contributed by atoms with van der Waals surface area (Å²) in [6.07, 6.45) is 4.01. The van der Waals surface area contributed by atoms with Gasteiger partial charge in [0.05, 0.1) is 4.90 Å². The van der Waals surface area contributed by atoms with Gasteiger partial charge in [-0.3, -0.25) is 0 Å². The minimum atomic E-state index is -3.14.